The summed E-state index contributed by atoms with van der Waals surface area (Å²) in [6, 6.07) is 4.60. The van der Waals surface area contributed by atoms with Crippen molar-refractivity contribution < 1.29 is 16.8 Å². The van der Waals surface area contributed by atoms with E-state index < -0.39 is 20.0 Å². The molecule has 114 valence electrons. The smallest absolute Gasteiger partial charge is 0.232 e. The van der Waals surface area contributed by atoms with E-state index in [9.17, 15) is 16.8 Å². The zero-order chi connectivity index (χ0) is 15.6. The van der Waals surface area contributed by atoms with Gasteiger partial charge in [0.2, 0.25) is 20.0 Å². The summed E-state index contributed by atoms with van der Waals surface area (Å²) in [6.07, 6.45) is 1.98. The number of halogens is 2. The molecule has 0 heterocycles. The van der Waals surface area contributed by atoms with Gasteiger partial charge in [-0.05, 0) is 12.1 Å². The molecule has 0 aliphatic rings. The third-order valence-electron chi connectivity index (χ3n) is 2.27. The summed E-state index contributed by atoms with van der Waals surface area (Å²) < 4.78 is 48.8. The number of nitrogens with one attached hydrogen (secondary N) is 1. The Morgan fingerprint density at radius 1 is 1.10 bits per heavy atom. The lowest BCUT2D eigenvalue weighted by atomic mass is 10.3. The maximum absolute atomic E-state index is 11.8. The Bertz CT molecular complexity index is 669. The lowest BCUT2D eigenvalue weighted by molar-refractivity contribution is 0.583. The number of nitrogens with zero attached hydrogens (tertiary/aromatic N) is 1. The zero-order valence-corrected chi connectivity index (χ0v) is 13.9. The molecule has 0 amide bonds. The van der Waals surface area contributed by atoms with Crippen molar-refractivity contribution in [1.29, 1.82) is 0 Å². The average Bonchev–Trinajstić information content (AvgIpc) is 2.23. The molecule has 1 aromatic carbocycles. The van der Waals surface area contributed by atoms with Crippen LogP contribution in [0.3, 0.4) is 0 Å². The molecule has 1 rings (SSSR count). The van der Waals surface area contributed by atoms with Crippen LogP contribution in [0.2, 0.25) is 10.0 Å². The molecule has 20 heavy (non-hydrogen) atoms. The molecule has 1 N–H and O–H groups in total. The summed E-state index contributed by atoms with van der Waals surface area (Å²) in [7, 11) is -7.06. The van der Waals surface area contributed by atoms with Crippen LogP contribution in [-0.4, -0.2) is 42.4 Å². The number of rotatable bonds is 6. The summed E-state index contributed by atoms with van der Waals surface area (Å²) in [6.45, 7) is -0.206. The highest BCUT2D eigenvalue weighted by Gasteiger charge is 2.22. The molecule has 0 saturated heterocycles. The van der Waals surface area contributed by atoms with Gasteiger partial charge in [0, 0.05) is 13.1 Å². The van der Waals surface area contributed by atoms with Crippen LogP contribution < -0.4 is 9.03 Å². The fourth-order valence-corrected chi connectivity index (χ4v) is 3.62. The molecule has 0 saturated carbocycles. The Morgan fingerprint density at radius 2 is 1.60 bits per heavy atom. The van der Waals surface area contributed by atoms with Gasteiger partial charge in [0.05, 0.1) is 28.2 Å². The van der Waals surface area contributed by atoms with Gasteiger partial charge in [0.25, 0.3) is 0 Å². The van der Waals surface area contributed by atoms with Crippen molar-refractivity contribution in [2.24, 2.45) is 0 Å². The maximum atomic E-state index is 11.8. The first-order valence-electron chi connectivity index (χ1n) is 5.39. The van der Waals surface area contributed by atoms with Crippen LogP contribution in [-0.2, 0) is 20.0 Å². The molecule has 0 atom stereocenters. The Morgan fingerprint density at radius 3 is 2.00 bits per heavy atom. The lowest BCUT2D eigenvalue weighted by Crippen LogP contribution is -2.38. The van der Waals surface area contributed by atoms with Crippen molar-refractivity contribution in [2.45, 2.75) is 0 Å². The molecule has 0 spiro atoms. The highest BCUT2D eigenvalue weighted by Crippen LogP contribution is 2.34. The molecule has 0 fully saturated rings. The highest BCUT2D eigenvalue weighted by atomic mass is 35.5. The first kappa shape index (κ1) is 17.5. The van der Waals surface area contributed by atoms with Gasteiger partial charge in [-0.1, -0.05) is 29.3 Å². The molecule has 10 heteroatoms. The van der Waals surface area contributed by atoms with Crippen LogP contribution in [0.1, 0.15) is 0 Å². The number of benzene rings is 1. The number of anilines is 1. The van der Waals surface area contributed by atoms with E-state index in [0.29, 0.717) is 0 Å². The lowest BCUT2D eigenvalue weighted by Gasteiger charge is -2.24. The van der Waals surface area contributed by atoms with Gasteiger partial charge in [0.15, 0.2) is 0 Å². The van der Waals surface area contributed by atoms with Crippen LogP contribution in [0.5, 0.6) is 0 Å². The predicted octanol–water partition coefficient (Wildman–Crippen LogP) is 1.31. The number of hydrogen-bond acceptors (Lipinski definition) is 4. The third kappa shape index (κ3) is 5.10. The molecule has 1 aromatic rings. The van der Waals surface area contributed by atoms with Gasteiger partial charge >= 0.3 is 0 Å². The van der Waals surface area contributed by atoms with Crippen LogP contribution in [0.4, 0.5) is 5.69 Å². The fraction of sp³-hybridized carbons (Fsp3) is 0.400. The topological polar surface area (TPSA) is 83.6 Å². The molecule has 0 radical (unpaired) electrons. The average molecular weight is 361 g/mol. The number of para-hydroxylation sites is 1. The van der Waals surface area contributed by atoms with Crippen molar-refractivity contribution in [1.82, 2.24) is 4.72 Å². The first-order valence-corrected chi connectivity index (χ1v) is 9.88. The second-order valence-electron chi connectivity index (χ2n) is 4.07. The number of sulfonamides is 2. The SMILES string of the molecule is CS(=O)(=O)NCCN(c1c(Cl)cccc1Cl)S(C)(=O)=O. The van der Waals surface area contributed by atoms with Gasteiger partial charge < -0.3 is 0 Å². The van der Waals surface area contributed by atoms with Crippen molar-refractivity contribution in [3.8, 4) is 0 Å². The standard InChI is InChI=1S/C10H14Cl2N2O4S2/c1-19(15,16)13-6-7-14(20(2,17)18)10-8(11)4-3-5-9(10)12/h3-5,13H,6-7H2,1-2H3. The molecule has 0 aromatic heterocycles. The van der Waals surface area contributed by atoms with Crippen LogP contribution in [0.25, 0.3) is 0 Å². The zero-order valence-electron chi connectivity index (χ0n) is 10.8. The second kappa shape index (κ2) is 6.48. The van der Waals surface area contributed by atoms with E-state index in [-0.39, 0.29) is 28.8 Å². The monoisotopic (exact) mass is 360 g/mol. The van der Waals surface area contributed by atoms with E-state index in [1.165, 1.54) is 12.1 Å². The summed E-state index contributed by atoms with van der Waals surface area (Å²) in [5, 5.41) is 0.338. The largest absolute Gasteiger partial charge is 0.266 e. The minimum atomic E-state index is -3.65. The minimum Gasteiger partial charge on any atom is -0.266 e. The predicted molar refractivity (Wildman–Crippen MR) is 81.5 cm³/mol. The maximum Gasteiger partial charge on any atom is 0.232 e. The first-order chi connectivity index (χ1) is 9.02. The molecule has 6 nitrogen and oxygen atoms in total. The summed E-state index contributed by atoms with van der Waals surface area (Å²) in [5.41, 5.74) is 0.133. The van der Waals surface area contributed by atoms with Gasteiger partial charge in [0.1, 0.15) is 0 Å². The third-order valence-corrected chi connectivity index (χ3v) is 4.77. The van der Waals surface area contributed by atoms with Crippen LogP contribution in [0.15, 0.2) is 18.2 Å². The Hall–Kier alpha value is -0.540. The van der Waals surface area contributed by atoms with Crippen LogP contribution >= 0.6 is 23.2 Å². The van der Waals surface area contributed by atoms with Gasteiger partial charge in [-0.2, -0.15) is 0 Å². The Kier molecular flexibility index (Phi) is 5.68. The van der Waals surface area contributed by atoms with E-state index in [0.717, 1.165) is 16.8 Å². The minimum absolute atomic E-state index is 0.0898. The van der Waals surface area contributed by atoms with Crippen LogP contribution in [0, 0.1) is 0 Å². The summed E-state index contributed by atoms with van der Waals surface area (Å²) in [5.74, 6) is 0. The van der Waals surface area contributed by atoms with Crippen molar-refractivity contribution in [3.05, 3.63) is 28.2 Å². The highest BCUT2D eigenvalue weighted by molar-refractivity contribution is 7.92. The van der Waals surface area contributed by atoms with E-state index in [1.807, 2.05) is 0 Å². The Balaban J connectivity index is 3.09. The van der Waals surface area contributed by atoms with Crippen molar-refractivity contribution in [2.75, 3.05) is 29.9 Å². The summed E-state index contributed by atoms with van der Waals surface area (Å²) >= 11 is 11.9. The van der Waals surface area contributed by atoms with E-state index in [2.05, 4.69) is 4.72 Å². The molecule has 0 unspecified atom stereocenters. The fourth-order valence-electron chi connectivity index (χ4n) is 1.50. The molecular weight excluding hydrogens is 347 g/mol. The van der Waals surface area contributed by atoms with Crippen molar-refractivity contribution in [3.63, 3.8) is 0 Å². The van der Waals surface area contributed by atoms with E-state index in [1.54, 1.807) is 6.07 Å². The summed E-state index contributed by atoms with van der Waals surface area (Å²) in [4.78, 5) is 0. The van der Waals surface area contributed by atoms with Gasteiger partial charge in [-0.3, -0.25) is 4.31 Å². The van der Waals surface area contributed by atoms with E-state index in [4.69, 9.17) is 23.2 Å². The van der Waals surface area contributed by atoms with Crippen molar-refractivity contribution >= 4 is 48.9 Å². The second-order valence-corrected chi connectivity index (χ2v) is 8.63. The quantitative estimate of drug-likeness (QED) is 0.828. The normalized spacial score (nSPS) is 12.4. The molecule has 0 aliphatic heterocycles. The van der Waals surface area contributed by atoms with Gasteiger partial charge in [-0.25, -0.2) is 21.6 Å². The molecule has 0 aliphatic carbocycles. The van der Waals surface area contributed by atoms with Gasteiger partial charge in [-0.15, -0.1) is 0 Å². The number of hydrogen-bond donors (Lipinski definition) is 1. The molecular formula is C10H14Cl2N2O4S2. The molecule has 0 bridgehead atoms. The van der Waals surface area contributed by atoms with E-state index >= 15 is 0 Å². The Labute approximate surface area is 128 Å².